The Bertz CT molecular complexity index is 1000. The zero-order valence-electron chi connectivity index (χ0n) is 19.6. The molecule has 172 valence electrons. The largest absolute Gasteiger partial charge is 0.481 e. The van der Waals surface area contributed by atoms with Gasteiger partial charge >= 0.3 is 0 Å². The van der Waals surface area contributed by atoms with Crippen LogP contribution in [0.2, 0.25) is 0 Å². The molecule has 1 amide bonds. The van der Waals surface area contributed by atoms with Crippen LogP contribution in [0.1, 0.15) is 25.5 Å². The lowest BCUT2D eigenvalue weighted by Gasteiger charge is -2.37. The summed E-state index contributed by atoms with van der Waals surface area (Å²) >= 11 is 0. The first-order valence-electron chi connectivity index (χ1n) is 11.8. The monoisotopic (exact) mass is 443 g/mol. The van der Waals surface area contributed by atoms with Crippen LogP contribution in [-0.2, 0) is 11.2 Å². The van der Waals surface area contributed by atoms with E-state index in [0.29, 0.717) is 5.75 Å². The highest BCUT2D eigenvalue weighted by Gasteiger charge is 2.28. The number of nitrogens with zero attached hydrogens (tertiary/aromatic N) is 3. The number of piperidine rings is 1. The smallest absolute Gasteiger partial charge is 0.263 e. The summed E-state index contributed by atoms with van der Waals surface area (Å²) in [4.78, 5) is 21.8. The molecule has 2 aromatic carbocycles. The molecule has 1 aliphatic heterocycles. The summed E-state index contributed by atoms with van der Waals surface area (Å²) in [5, 5.41) is 0. The van der Waals surface area contributed by atoms with Crippen molar-refractivity contribution < 1.29 is 9.53 Å². The molecule has 3 aromatic rings. The third-order valence-electron chi connectivity index (χ3n) is 6.48. The van der Waals surface area contributed by atoms with Crippen molar-refractivity contribution in [2.24, 2.45) is 0 Å². The van der Waals surface area contributed by atoms with Crippen molar-refractivity contribution in [3.63, 3.8) is 0 Å². The molecule has 33 heavy (non-hydrogen) atoms. The molecule has 1 atom stereocenters. The first-order chi connectivity index (χ1) is 16.1. The lowest BCUT2D eigenvalue weighted by Crippen LogP contribution is -2.49. The number of likely N-dealkylation sites (N-methyl/N-ethyl adjacent to an activating group) is 1. The van der Waals surface area contributed by atoms with Gasteiger partial charge in [0.05, 0.1) is 0 Å². The molecule has 0 saturated carbocycles. The third-order valence-corrected chi connectivity index (χ3v) is 6.48. The van der Waals surface area contributed by atoms with Gasteiger partial charge in [-0.25, -0.2) is 0 Å². The number of hydrogen-bond donors (Lipinski definition) is 0. The lowest BCUT2D eigenvalue weighted by atomic mass is 10.0. The van der Waals surface area contributed by atoms with Crippen molar-refractivity contribution in [3.8, 4) is 16.9 Å². The van der Waals surface area contributed by atoms with E-state index >= 15 is 0 Å². The summed E-state index contributed by atoms with van der Waals surface area (Å²) in [7, 11) is 1.91. The quantitative estimate of drug-likeness (QED) is 0.507. The Morgan fingerprint density at radius 2 is 1.67 bits per heavy atom. The topological polar surface area (TPSA) is 45.7 Å². The second-order valence-electron chi connectivity index (χ2n) is 8.74. The Balaban J connectivity index is 1.24. The van der Waals surface area contributed by atoms with E-state index in [1.807, 2.05) is 79.7 Å². The number of amides is 1. The molecule has 0 spiro atoms. The predicted octanol–water partition coefficient (Wildman–Crippen LogP) is 4.68. The number of carbonyl (C=O) groups is 1. The molecule has 0 bridgehead atoms. The third kappa shape index (κ3) is 6.20. The number of rotatable bonds is 8. The predicted molar refractivity (Wildman–Crippen MR) is 132 cm³/mol. The Hall–Kier alpha value is -3.18. The van der Waals surface area contributed by atoms with E-state index in [0.717, 1.165) is 50.2 Å². The van der Waals surface area contributed by atoms with Gasteiger partial charge in [0, 0.05) is 51.0 Å². The minimum absolute atomic E-state index is 0.0362. The van der Waals surface area contributed by atoms with Crippen LogP contribution in [0, 0.1) is 0 Å². The molecule has 0 N–H and O–H groups in total. The van der Waals surface area contributed by atoms with E-state index in [1.54, 1.807) is 0 Å². The van der Waals surface area contributed by atoms with Gasteiger partial charge in [0.1, 0.15) is 5.75 Å². The summed E-state index contributed by atoms with van der Waals surface area (Å²) in [6, 6.07) is 24.5. The van der Waals surface area contributed by atoms with Crippen LogP contribution in [0.4, 0.5) is 0 Å². The summed E-state index contributed by atoms with van der Waals surface area (Å²) < 4.78 is 5.98. The van der Waals surface area contributed by atoms with E-state index in [2.05, 4.69) is 28.1 Å². The molecule has 1 fully saturated rings. The van der Waals surface area contributed by atoms with Gasteiger partial charge in [0.25, 0.3) is 5.91 Å². The van der Waals surface area contributed by atoms with Crippen LogP contribution in [0.25, 0.3) is 11.1 Å². The zero-order chi connectivity index (χ0) is 23.0. The molecule has 4 rings (SSSR count). The molecule has 0 radical (unpaired) electrons. The molecule has 1 saturated heterocycles. The lowest BCUT2D eigenvalue weighted by molar-refractivity contribution is -0.139. The standard InChI is InChI=1S/C28H33N3O2/c1-22(33-27-13-11-24(12-14-27)23-8-4-3-5-9-23)28(32)30(2)26-16-20-31(21-17-26)19-15-25-10-6-7-18-29-25/h3-14,18,22,26H,15-17,19-21H2,1-2H3. The second kappa shape index (κ2) is 11.1. The number of ether oxygens (including phenoxy) is 1. The highest BCUT2D eigenvalue weighted by molar-refractivity contribution is 5.81. The van der Waals surface area contributed by atoms with Crippen LogP contribution < -0.4 is 4.74 Å². The second-order valence-corrected chi connectivity index (χ2v) is 8.74. The van der Waals surface area contributed by atoms with Gasteiger partial charge in [-0.05, 0) is 55.2 Å². The van der Waals surface area contributed by atoms with E-state index in [-0.39, 0.29) is 11.9 Å². The number of likely N-dealkylation sites (tertiary alicyclic amines) is 1. The maximum atomic E-state index is 13.0. The fourth-order valence-corrected chi connectivity index (χ4v) is 4.43. The van der Waals surface area contributed by atoms with E-state index in [4.69, 9.17) is 4.74 Å². The molecule has 2 heterocycles. The van der Waals surface area contributed by atoms with Gasteiger partial charge in [-0.1, -0.05) is 48.5 Å². The summed E-state index contributed by atoms with van der Waals surface area (Å²) in [5.74, 6) is 0.752. The highest BCUT2D eigenvalue weighted by Crippen LogP contribution is 2.23. The van der Waals surface area contributed by atoms with Gasteiger partial charge in [-0.2, -0.15) is 0 Å². The Morgan fingerprint density at radius 3 is 2.33 bits per heavy atom. The molecule has 1 unspecified atom stereocenters. The van der Waals surface area contributed by atoms with Crippen molar-refractivity contribution in [3.05, 3.63) is 84.7 Å². The van der Waals surface area contributed by atoms with Gasteiger partial charge < -0.3 is 14.5 Å². The fourth-order valence-electron chi connectivity index (χ4n) is 4.43. The van der Waals surface area contributed by atoms with Gasteiger partial charge in [0.2, 0.25) is 0 Å². The molecule has 1 aromatic heterocycles. The fraction of sp³-hybridized carbons (Fsp3) is 0.357. The van der Waals surface area contributed by atoms with Crippen molar-refractivity contribution >= 4 is 5.91 Å². The minimum atomic E-state index is -0.514. The van der Waals surface area contributed by atoms with Gasteiger partial charge in [0.15, 0.2) is 6.10 Å². The zero-order valence-corrected chi connectivity index (χ0v) is 19.6. The van der Waals surface area contributed by atoms with E-state index in [9.17, 15) is 4.79 Å². The number of carbonyl (C=O) groups excluding carboxylic acids is 1. The van der Waals surface area contributed by atoms with Gasteiger partial charge in [-0.3, -0.25) is 9.78 Å². The van der Waals surface area contributed by atoms with Crippen LogP contribution in [-0.4, -0.2) is 59.5 Å². The molecular formula is C28H33N3O2. The first kappa shape index (κ1) is 23.0. The Labute approximate surface area is 197 Å². The molecule has 5 heteroatoms. The summed E-state index contributed by atoms with van der Waals surface area (Å²) in [5.41, 5.74) is 3.43. The van der Waals surface area contributed by atoms with E-state index in [1.165, 1.54) is 5.56 Å². The van der Waals surface area contributed by atoms with Crippen LogP contribution in [0.15, 0.2) is 79.0 Å². The maximum Gasteiger partial charge on any atom is 0.263 e. The SMILES string of the molecule is CC(Oc1ccc(-c2ccccc2)cc1)C(=O)N(C)C1CCN(CCc2ccccn2)CC1. The average molecular weight is 444 g/mol. The summed E-state index contributed by atoms with van der Waals surface area (Å²) in [6.45, 7) is 4.86. The number of hydrogen-bond acceptors (Lipinski definition) is 4. The van der Waals surface area contributed by atoms with Crippen LogP contribution >= 0.6 is 0 Å². The maximum absolute atomic E-state index is 13.0. The minimum Gasteiger partial charge on any atom is -0.481 e. The van der Waals surface area contributed by atoms with Gasteiger partial charge in [-0.15, -0.1) is 0 Å². The van der Waals surface area contributed by atoms with Crippen molar-refractivity contribution in [1.82, 2.24) is 14.8 Å². The van der Waals surface area contributed by atoms with Crippen molar-refractivity contribution in [1.29, 1.82) is 0 Å². The Kier molecular flexibility index (Phi) is 7.74. The molecular weight excluding hydrogens is 410 g/mol. The molecule has 1 aliphatic rings. The number of pyridine rings is 1. The van der Waals surface area contributed by atoms with Crippen LogP contribution in [0.5, 0.6) is 5.75 Å². The highest BCUT2D eigenvalue weighted by atomic mass is 16.5. The summed E-state index contributed by atoms with van der Waals surface area (Å²) in [6.07, 6.45) is 4.28. The number of aromatic nitrogens is 1. The first-order valence-corrected chi connectivity index (χ1v) is 11.8. The molecule has 0 aliphatic carbocycles. The van der Waals surface area contributed by atoms with Crippen LogP contribution in [0.3, 0.4) is 0 Å². The normalized spacial score (nSPS) is 15.7. The van der Waals surface area contributed by atoms with Crippen molar-refractivity contribution in [2.75, 3.05) is 26.7 Å². The molecule has 5 nitrogen and oxygen atoms in total. The van der Waals surface area contributed by atoms with E-state index < -0.39 is 6.10 Å². The number of benzene rings is 2. The average Bonchev–Trinajstić information content (AvgIpc) is 2.88. The Morgan fingerprint density at radius 1 is 1.00 bits per heavy atom. The van der Waals surface area contributed by atoms with Crippen molar-refractivity contribution in [2.45, 2.75) is 38.3 Å².